The first-order valence-electron chi connectivity index (χ1n) is 6.84. The maximum Gasteiger partial charge on any atom is 0.193 e. The molecule has 2 aromatic heterocycles. The van der Waals surface area contributed by atoms with Gasteiger partial charge in [-0.25, -0.2) is 4.98 Å². The Morgan fingerprint density at radius 2 is 2.30 bits per heavy atom. The highest BCUT2D eigenvalue weighted by Crippen LogP contribution is 2.32. The maximum atomic E-state index is 6.10. The molecule has 1 aromatic carbocycles. The molecule has 5 heteroatoms. The number of nitrogen functional groups attached to an aromatic ring is 1. The zero-order valence-electron chi connectivity index (χ0n) is 11.1. The third-order valence-electron chi connectivity index (χ3n) is 3.88. The number of thiazole rings is 1. The lowest BCUT2D eigenvalue weighted by molar-refractivity contribution is 0.687. The average Bonchev–Trinajstić information content (AvgIpc) is 3.01. The van der Waals surface area contributed by atoms with E-state index in [0.29, 0.717) is 0 Å². The van der Waals surface area contributed by atoms with Crippen LogP contribution in [0.25, 0.3) is 4.96 Å². The van der Waals surface area contributed by atoms with Crippen LogP contribution in [0.5, 0.6) is 0 Å². The van der Waals surface area contributed by atoms with Gasteiger partial charge < -0.3 is 10.6 Å². The average molecular weight is 284 g/mol. The summed E-state index contributed by atoms with van der Waals surface area (Å²) >= 11 is 1.67. The number of hydrogen-bond donors (Lipinski definition) is 1. The van der Waals surface area contributed by atoms with Crippen molar-refractivity contribution < 1.29 is 0 Å². The Hall–Kier alpha value is -2.01. The highest BCUT2D eigenvalue weighted by Gasteiger charge is 2.19. The van der Waals surface area contributed by atoms with Crippen molar-refractivity contribution in [3.8, 4) is 0 Å². The van der Waals surface area contributed by atoms with Gasteiger partial charge in [0.2, 0.25) is 0 Å². The van der Waals surface area contributed by atoms with Crippen LogP contribution in [-0.4, -0.2) is 15.9 Å². The molecule has 0 saturated carbocycles. The van der Waals surface area contributed by atoms with Crippen molar-refractivity contribution in [3.63, 3.8) is 0 Å². The molecule has 3 aromatic rings. The minimum atomic E-state index is 0.852. The fourth-order valence-corrected chi connectivity index (χ4v) is 3.66. The van der Waals surface area contributed by atoms with Crippen molar-refractivity contribution in [3.05, 3.63) is 47.2 Å². The van der Waals surface area contributed by atoms with Crippen LogP contribution in [0, 0.1) is 0 Å². The number of aromatic nitrogens is 2. The van der Waals surface area contributed by atoms with Crippen LogP contribution in [0.15, 0.2) is 36.0 Å². The SMILES string of the molecule is Nc1cccc2c1CCCN2Cc1cn2ccsc2n1. The lowest BCUT2D eigenvalue weighted by atomic mass is 10.00. The quantitative estimate of drug-likeness (QED) is 0.736. The minimum absolute atomic E-state index is 0.852. The van der Waals surface area contributed by atoms with Crippen molar-refractivity contribution in [1.29, 1.82) is 0 Å². The number of nitrogens with two attached hydrogens (primary N) is 1. The molecular formula is C15H16N4S. The topological polar surface area (TPSA) is 46.6 Å². The second-order valence-corrected chi connectivity index (χ2v) is 6.07. The van der Waals surface area contributed by atoms with E-state index in [1.165, 1.54) is 11.3 Å². The fraction of sp³-hybridized carbons (Fsp3) is 0.267. The van der Waals surface area contributed by atoms with Crippen LogP contribution in [0.3, 0.4) is 0 Å². The van der Waals surface area contributed by atoms with Crippen LogP contribution < -0.4 is 10.6 Å². The number of nitrogens with zero attached hydrogens (tertiary/aromatic N) is 3. The van der Waals surface area contributed by atoms with Crippen LogP contribution in [-0.2, 0) is 13.0 Å². The first-order valence-corrected chi connectivity index (χ1v) is 7.72. The van der Waals surface area contributed by atoms with Gasteiger partial charge in [-0.3, -0.25) is 4.40 Å². The van der Waals surface area contributed by atoms with Gasteiger partial charge in [-0.2, -0.15) is 0 Å². The summed E-state index contributed by atoms with van der Waals surface area (Å²) in [5, 5.41) is 2.06. The zero-order valence-corrected chi connectivity index (χ0v) is 11.9. The van der Waals surface area contributed by atoms with Gasteiger partial charge in [0.15, 0.2) is 4.96 Å². The summed E-state index contributed by atoms with van der Waals surface area (Å²) < 4.78 is 2.09. The van der Waals surface area contributed by atoms with Crippen molar-refractivity contribution in [2.45, 2.75) is 19.4 Å². The molecule has 2 N–H and O–H groups in total. The highest BCUT2D eigenvalue weighted by atomic mass is 32.1. The Balaban J connectivity index is 1.67. The summed E-state index contributed by atoms with van der Waals surface area (Å²) in [6, 6.07) is 6.20. The first-order chi connectivity index (χ1) is 9.81. The number of hydrogen-bond acceptors (Lipinski definition) is 4. The molecule has 0 bridgehead atoms. The smallest absolute Gasteiger partial charge is 0.193 e. The van der Waals surface area contributed by atoms with E-state index in [-0.39, 0.29) is 0 Å². The summed E-state index contributed by atoms with van der Waals surface area (Å²) in [6.07, 6.45) is 6.41. The monoisotopic (exact) mass is 284 g/mol. The lowest BCUT2D eigenvalue weighted by Crippen LogP contribution is -2.29. The molecule has 102 valence electrons. The van der Waals surface area contributed by atoms with Crippen molar-refractivity contribution in [2.75, 3.05) is 17.2 Å². The minimum Gasteiger partial charge on any atom is -0.398 e. The zero-order chi connectivity index (χ0) is 13.5. The van der Waals surface area contributed by atoms with Gasteiger partial charge >= 0.3 is 0 Å². The molecule has 0 saturated heterocycles. The Morgan fingerprint density at radius 1 is 1.35 bits per heavy atom. The normalized spacial score (nSPS) is 14.7. The maximum absolute atomic E-state index is 6.10. The van der Waals surface area contributed by atoms with Crippen molar-refractivity contribution >= 4 is 27.7 Å². The molecule has 0 fully saturated rings. The number of fused-ring (bicyclic) bond motifs is 2. The Bertz CT molecular complexity index is 730. The molecule has 20 heavy (non-hydrogen) atoms. The molecule has 0 atom stereocenters. The van der Waals surface area contributed by atoms with E-state index < -0.39 is 0 Å². The second kappa shape index (κ2) is 4.52. The van der Waals surface area contributed by atoms with Crippen molar-refractivity contribution in [2.24, 2.45) is 0 Å². The van der Waals surface area contributed by atoms with E-state index in [1.807, 2.05) is 12.1 Å². The van der Waals surface area contributed by atoms with Gasteiger partial charge in [0.25, 0.3) is 0 Å². The predicted octanol–water partition coefficient (Wildman–Crippen LogP) is 2.93. The largest absolute Gasteiger partial charge is 0.398 e. The van der Waals surface area contributed by atoms with Gasteiger partial charge in [-0.15, -0.1) is 11.3 Å². The van der Waals surface area contributed by atoms with Gasteiger partial charge in [0.1, 0.15) is 0 Å². The summed E-state index contributed by atoms with van der Waals surface area (Å²) in [7, 11) is 0. The molecule has 3 heterocycles. The Labute approximate surface area is 121 Å². The molecule has 4 nitrogen and oxygen atoms in total. The van der Waals surface area contributed by atoms with Crippen LogP contribution in [0.4, 0.5) is 11.4 Å². The molecule has 4 rings (SSSR count). The summed E-state index contributed by atoms with van der Waals surface area (Å²) in [5.41, 5.74) is 10.7. The standard InChI is InChI=1S/C15H16N4S/c16-13-4-1-5-14-12(13)3-2-6-18(14)9-11-10-19-7-8-20-15(19)17-11/h1,4-5,7-8,10H,2-3,6,9,16H2. The van der Waals surface area contributed by atoms with E-state index in [2.05, 4.69) is 38.1 Å². The number of rotatable bonds is 2. The van der Waals surface area contributed by atoms with E-state index >= 15 is 0 Å². The van der Waals surface area contributed by atoms with Crippen LogP contribution in [0.2, 0.25) is 0 Å². The second-order valence-electron chi connectivity index (χ2n) is 5.20. The van der Waals surface area contributed by atoms with E-state index in [4.69, 9.17) is 5.73 Å². The molecular weight excluding hydrogens is 268 g/mol. The van der Waals surface area contributed by atoms with Crippen LogP contribution in [0.1, 0.15) is 17.7 Å². The fourth-order valence-electron chi connectivity index (χ4n) is 2.94. The molecule has 0 unspecified atom stereocenters. The third kappa shape index (κ3) is 1.86. The van der Waals surface area contributed by atoms with Crippen molar-refractivity contribution in [1.82, 2.24) is 9.38 Å². The summed E-state index contributed by atoms with van der Waals surface area (Å²) in [6.45, 7) is 1.92. The van der Waals surface area contributed by atoms with E-state index in [0.717, 1.165) is 42.3 Å². The summed E-state index contributed by atoms with van der Waals surface area (Å²) in [5.74, 6) is 0. The molecule has 0 amide bonds. The number of anilines is 2. The van der Waals surface area contributed by atoms with Gasteiger partial charge in [0, 0.05) is 35.7 Å². The van der Waals surface area contributed by atoms with Gasteiger partial charge in [-0.1, -0.05) is 6.07 Å². The third-order valence-corrected chi connectivity index (χ3v) is 4.65. The highest BCUT2D eigenvalue weighted by molar-refractivity contribution is 7.15. The first kappa shape index (κ1) is 11.8. The molecule has 1 aliphatic rings. The Morgan fingerprint density at radius 3 is 3.20 bits per heavy atom. The molecule has 0 aliphatic carbocycles. The summed E-state index contributed by atoms with van der Waals surface area (Å²) in [4.78, 5) is 8.12. The lowest BCUT2D eigenvalue weighted by Gasteiger charge is -2.31. The van der Waals surface area contributed by atoms with Crippen LogP contribution >= 0.6 is 11.3 Å². The van der Waals surface area contributed by atoms with E-state index in [1.54, 1.807) is 11.3 Å². The van der Waals surface area contributed by atoms with Gasteiger partial charge in [0.05, 0.1) is 12.2 Å². The van der Waals surface area contributed by atoms with E-state index in [9.17, 15) is 0 Å². The number of imidazole rings is 1. The molecule has 0 radical (unpaired) electrons. The molecule has 1 aliphatic heterocycles. The molecule has 0 spiro atoms. The predicted molar refractivity (Wildman–Crippen MR) is 83.3 cm³/mol. The Kier molecular flexibility index (Phi) is 2.67. The number of benzene rings is 1. The van der Waals surface area contributed by atoms with Gasteiger partial charge in [-0.05, 0) is 30.5 Å².